The Hall–Kier alpha value is -5.95. The quantitative estimate of drug-likeness (QED) is 0.225. The molecule has 0 amide bonds. The zero-order chi connectivity index (χ0) is 27.6. The van der Waals surface area contributed by atoms with Gasteiger partial charge in [0.1, 0.15) is 17.4 Å². The van der Waals surface area contributed by atoms with E-state index in [1.54, 1.807) is 6.33 Å². The Bertz CT molecular complexity index is 2410. The van der Waals surface area contributed by atoms with Crippen molar-refractivity contribution in [2.24, 2.45) is 0 Å². The first-order valence-electron chi connectivity index (χ1n) is 13.7. The molecule has 42 heavy (non-hydrogen) atoms. The highest BCUT2D eigenvalue weighted by atomic mass is 16.3. The van der Waals surface area contributed by atoms with Crippen LogP contribution in [0.1, 0.15) is 0 Å². The van der Waals surface area contributed by atoms with Gasteiger partial charge in [-0.25, -0.2) is 15.0 Å². The van der Waals surface area contributed by atoms with Gasteiger partial charge in [0.25, 0.3) is 0 Å². The molecule has 0 aliphatic rings. The molecule has 0 bridgehead atoms. The van der Waals surface area contributed by atoms with Gasteiger partial charge in [-0.05, 0) is 12.1 Å². The highest BCUT2D eigenvalue weighted by Gasteiger charge is 2.23. The minimum atomic E-state index is 0.488. The zero-order valence-electron chi connectivity index (χ0n) is 22.1. The maximum Gasteiger partial charge on any atom is 0.238 e. The first-order chi connectivity index (χ1) is 20.8. The summed E-state index contributed by atoms with van der Waals surface area (Å²) in [6.07, 6.45) is 3.41. The molecule has 5 aromatic carbocycles. The maximum absolute atomic E-state index is 6.57. The number of hydrogen-bond donors (Lipinski definition) is 0. The van der Waals surface area contributed by atoms with Gasteiger partial charge in [0, 0.05) is 44.3 Å². The molecule has 4 aromatic heterocycles. The molecule has 4 heterocycles. The lowest BCUT2D eigenvalue weighted by atomic mass is 10.1. The standard InChI is InChI=1S/C35H20N6O/c1-3-9-21(10-4-1)33-38-34(22-11-5-2-6-12-22)40-35(39-33)41-30-25(16-15-23-19-36-20-37-29(23)30)26-17-18-27-24-13-7-8-14-28(24)42-32(27)31(26)41/h1-20H. The number of para-hydroxylation sites is 1. The first kappa shape index (κ1) is 22.8. The molecule has 0 saturated carbocycles. The largest absolute Gasteiger partial charge is 0.454 e. The normalized spacial score (nSPS) is 11.8. The molecular weight excluding hydrogens is 520 g/mol. The van der Waals surface area contributed by atoms with E-state index in [9.17, 15) is 0 Å². The minimum Gasteiger partial charge on any atom is -0.454 e. The van der Waals surface area contributed by atoms with E-state index in [-0.39, 0.29) is 0 Å². The van der Waals surface area contributed by atoms with E-state index < -0.39 is 0 Å². The molecule has 9 rings (SSSR count). The summed E-state index contributed by atoms with van der Waals surface area (Å²) in [5.41, 5.74) is 5.99. The highest BCUT2D eigenvalue weighted by molar-refractivity contribution is 6.24. The highest BCUT2D eigenvalue weighted by Crippen LogP contribution is 2.41. The number of nitrogens with zero attached hydrogens (tertiary/aromatic N) is 6. The van der Waals surface area contributed by atoms with E-state index in [1.165, 1.54) is 0 Å². The third kappa shape index (κ3) is 3.31. The van der Waals surface area contributed by atoms with Gasteiger partial charge in [-0.3, -0.25) is 4.57 Å². The molecular formula is C35H20N6O. The van der Waals surface area contributed by atoms with Gasteiger partial charge in [-0.2, -0.15) is 9.97 Å². The Morgan fingerprint density at radius 3 is 1.95 bits per heavy atom. The summed E-state index contributed by atoms with van der Waals surface area (Å²) in [6, 6.07) is 36.6. The molecule has 7 nitrogen and oxygen atoms in total. The number of rotatable bonds is 3. The van der Waals surface area contributed by atoms with E-state index in [1.807, 2.05) is 85.1 Å². The van der Waals surface area contributed by atoms with Crippen molar-refractivity contribution in [3.63, 3.8) is 0 Å². The van der Waals surface area contributed by atoms with Crippen LogP contribution in [0.2, 0.25) is 0 Å². The molecule has 0 fully saturated rings. The number of furan rings is 1. The molecule has 7 heteroatoms. The molecule has 0 aliphatic carbocycles. The average molecular weight is 541 g/mol. The van der Waals surface area contributed by atoms with Crippen LogP contribution < -0.4 is 0 Å². The number of hydrogen-bond acceptors (Lipinski definition) is 6. The summed E-state index contributed by atoms with van der Waals surface area (Å²) in [5.74, 6) is 1.66. The van der Waals surface area contributed by atoms with Crippen molar-refractivity contribution in [1.82, 2.24) is 29.5 Å². The molecule has 9 aromatic rings. The van der Waals surface area contributed by atoms with Crippen LogP contribution in [0.3, 0.4) is 0 Å². The zero-order valence-corrected chi connectivity index (χ0v) is 22.1. The minimum absolute atomic E-state index is 0.488. The maximum atomic E-state index is 6.57. The van der Waals surface area contributed by atoms with Crippen LogP contribution in [-0.4, -0.2) is 29.5 Å². The first-order valence-corrected chi connectivity index (χ1v) is 13.7. The molecule has 0 atom stereocenters. The van der Waals surface area contributed by atoms with Crippen LogP contribution >= 0.6 is 0 Å². The van der Waals surface area contributed by atoms with Crippen molar-refractivity contribution in [3.8, 4) is 28.7 Å². The summed E-state index contributed by atoms with van der Waals surface area (Å²) in [7, 11) is 0. The molecule has 196 valence electrons. The molecule has 0 aliphatic heterocycles. The van der Waals surface area contributed by atoms with E-state index >= 15 is 0 Å². The van der Waals surface area contributed by atoms with Crippen LogP contribution in [0, 0.1) is 0 Å². The molecule has 0 spiro atoms. The second-order valence-corrected chi connectivity index (χ2v) is 10.2. The van der Waals surface area contributed by atoms with Crippen molar-refractivity contribution in [2.45, 2.75) is 0 Å². The topological polar surface area (TPSA) is 82.5 Å². The lowest BCUT2D eigenvalue weighted by Gasteiger charge is -2.11. The van der Waals surface area contributed by atoms with Gasteiger partial charge in [-0.15, -0.1) is 0 Å². The van der Waals surface area contributed by atoms with Crippen molar-refractivity contribution < 1.29 is 4.42 Å². The van der Waals surface area contributed by atoms with Gasteiger partial charge >= 0.3 is 0 Å². The van der Waals surface area contributed by atoms with Gasteiger partial charge in [-0.1, -0.05) is 97.1 Å². The SMILES string of the molecule is c1ccc(-c2nc(-c3ccccc3)nc(-n3c4c(ccc5cncnc54)c4ccc5c6ccccc6oc5c43)n2)cc1. The van der Waals surface area contributed by atoms with Crippen LogP contribution in [0.5, 0.6) is 0 Å². The van der Waals surface area contributed by atoms with Gasteiger partial charge in [0.2, 0.25) is 5.95 Å². The Morgan fingerprint density at radius 2 is 1.19 bits per heavy atom. The van der Waals surface area contributed by atoms with E-state index in [0.717, 1.165) is 65.8 Å². The Kier molecular flexibility index (Phi) is 4.77. The second-order valence-electron chi connectivity index (χ2n) is 10.2. The summed E-state index contributed by atoms with van der Waals surface area (Å²) < 4.78 is 8.66. The fourth-order valence-corrected chi connectivity index (χ4v) is 5.91. The lowest BCUT2D eigenvalue weighted by molar-refractivity contribution is 0.670. The lowest BCUT2D eigenvalue weighted by Crippen LogP contribution is -2.07. The van der Waals surface area contributed by atoms with Crippen molar-refractivity contribution in [2.75, 3.05) is 0 Å². The molecule has 0 radical (unpaired) electrons. The smallest absolute Gasteiger partial charge is 0.238 e. The predicted octanol–water partition coefficient (Wildman–Crippen LogP) is 8.15. The summed E-state index contributed by atoms with van der Waals surface area (Å²) in [5, 5.41) is 5.07. The van der Waals surface area contributed by atoms with E-state index in [2.05, 4.69) is 39.9 Å². The Balaban J connectivity index is 1.49. The van der Waals surface area contributed by atoms with Gasteiger partial charge in [0.05, 0.1) is 11.0 Å². The van der Waals surface area contributed by atoms with Crippen molar-refractivity contribution in [3.05, 3.63) is 122 Å². The van der Waals surface area contributed by atoms with Crippen molar-refractivity contribution >= 4 is 54.6 Å². The van der Waals surface area contributed by atoms with E-state index in [0.29, 0.717) is 17.6 Å². The fourth-order valence-electron chi connectivity index (χ4n) is 5.91. The second kappa shape index (κ2) is 8.78. The van der Waals surface area contributed by atoms with E-state index in [4.69, 9.17) is 24.4 Å². The fraction of sp³-hybridized carbons (Fsp3) is 0. The summed E-state index contributed by atoms with van der Waals surface area (Å²) in [6.45, 7) is 0. The number of aromatic nitrogens is 6. The molecule has 0 N–H and O–H groups in total. The van der Waals surface area contributed by atoms with Crippen LogP contribution in [-0.2, 0) is 0 Å². The summed E-state index contributed by atoms with van der Waals surface area (Å²) >= 11 is 0. The average Bonchev–Trinajstić information content (AvgIpc) is 3.62. The van der Waals surface area contributed by atoms with Crippen LogP contribution in [0.4, 0.5) is 0 Å². The molecule has 0 saturated heterocycles. The Morgan fingerprint density at radius 1 is 0.548 bits per heavy atom. The number of benzene rings is 5. The predicted molar refractivity (Wildman–Crippen MR) is 165 cm³/mol. The van der Waals surface area contributed by atoms with Crippen LogP contribution in [0.15, 0.2) is 126 Å². The van der Waals surface area contributed by atoms with Gasteiger partial charge in [0.15, 0.2) is 17.2 Å². The third-order valence-corrected chi connectivity index (χ3v) is 7.80. The molecule has 0 unspecified atom stereocenters. The summed E-state index contributed by atoms with van der Waals surface area (Å²) in [4.78, 5) is 24.1. The Labute approximate surface area is 238 Å². The number of fused-ring (bicyclic) bond motifs is 9. The van der Waals surface area contributed by atoms with Gasteiger partial charge < -0.3 is 4.42 Å². The van der Waals surface area contributed by atoms with Crippen molar-refractivity contribution in [1.29, 1.82) is 0 Å². The monoisotopic (exact) mass is 540 g/mol. The third-order valence-electron chi connectivity index (χ3n) is 7.80. The van der Waals surface area contributed by atoms with Crippen LogP contribution in [0.25, 0.3) is 83.4 Å².